The average molecular weight is 455 g/mol. The number of hydrogen-bond acceptors (Lipinski definition) is 6. The van der Waals surface area contributed by atoms with E-state index in [2.05, 4.69) is 17.1 Å². The molecule has 0 spiro atoms. The average Bonchev–Trinajstić information content (AvgIpc) is 3.56. The molecule has 0 saturated heterocycles. The first kappa shape index (κ1) is 25.4. The van der Waals surface area contributed by atoms with Crippen LogP contribution in [0.25, 0.3) is 0 Å². The van der Waals surface area contributed by atoms with E-state index in [9.17, 15) is 14.2 Å². The van der Waals surface area contributed by atoms with E-state index in [1.54, 1.807) is 13.8 Å². The highest BCUT2D eigenvalue weighted by molar-refractivity contribution is 7.55. The van der Waals surface area contributed by atoms with Gasteiger partial charge in [0.2, 0.25) is 0 Å². The Morgan fingerprint density at radius 2 is 1.52 bits per heavy atom. The summed E-state index contributed by atoms with van der Waals surface area (Å²) in [4.78, 5) is 23.7. The number of carbonyl (C=O) groups is 2. The Morgan fingerprint density at radius 1 is 1.00 bits per heavy atom. The number of benzene rings is 1. The maximum Gasteiger partial charge on any atom is 0.391 e. The molecule has 0 amide bonds. The second-order valence-electron chi connectivity index (χ2n) is 7.97. The van der Waals surface area contributed by atoms with Crippen LogP contribution in [0.3, 0.4) is 0 Å². The molecule has 1 aliphatic rings. The standard InChI is InChI=1S/C22H35N2O6P/c1-6-28-20(25)13-23-31(27,24-14-21(26)29-7-2)30-22-18(15(3)4)9-8-10-19(22)16(5)17-11-12-17/h8-10,15-17H,6-7,11-14H2,1-5H3,(H2,23,24,27)/t16-/m1/s1. The van der Waals surface area contributed by atoms with Crippen molar-refractivity contribution in [3.8, 4) is 5.75 Å². The fourth-order valence-corrected chi connectivity index (χ4v) is 4.74. The van der Waals surface area contributed by atoms with Gasteiger partial charge in [0.15, 0.2) is 0 Å². The van der Waals surface area contributed by atoms with Crippen LogP contribution in [-0.2, 0) is 23.6 Å². The van der Waals surface area contributed by atoms with Gasteiger partial charge in [0.1, 0.15) is 18.8 Å². The number of carbonyl (C=O) groups excluding carboxylic acids is 2. The molecule has 0 heterocycles. The Hall–Kier alpha value is -1.89. The van der Waals surface area contributed by atoms with E-state index >= 15 is 0 Å². The van der Waals surface area contributed by atoms with Crippen molar-refractivity contribution in [3.63, 3.8) is 0 Å². The van der Waals surface area contributed by atoms with Gasteiger partial charge < -0.3 is 14.0 Å². The van der Waals surface area contributed by atoms with Gasteiger partial charge in [0.25, 0.3) is 0 Å². The van der Waals surface area contributed by atoms with Crippen LogP contribution >= 0.6 is 7.67 Å². The second-order valence-corrected chi connectivity index (χ2v) is 9.89. The monoisotopic (exact) mass is 454 g/mol. The van der Waals surface area contributed by atoms with Gasteiger partial charge in [0.05, 0.1) is 13.2 Å². The number of para-hydroxylation sites is 1. The highest BCUT2D eigenvalue weighted by Gasteiger charge is 2.34. The lowest BCUT2D eigenvalue weighted by molar-refractivity contribution is -0.142. The summed E-state index contributed by atoms with van der Waals surface area (Å²) in [6, 6.07) is 5.93. The third kappa shape index (κ3) is 7.63. The van der Waals surface area contributed by atoms with Crippen LogP contribution in [0.2, 0.25) is 0 Å². The normalized spacial score (nSPS) is 14.9. The predicted molar refractivity (Wildman–Crippen MR) is 119 cm³/mol. The third-order valence-electron chi connectivity index (χ3n) is 5.21. The van der Waals surface area contributed by atoms with Gasteiger partial charge >= 0.3 is 19.6 Å². The summed E-state index contributed by atoms with van der Waals surface area (Å²) in [6.07, 6.45) is 2.32. The number of ether oxygens (including phenoxy) is 2. The smallest absolute Gasteiger partial charge is 0.391 e. The Balaban J connectivity index is 2.33. The number of esters is 2. The highest BCUT2D eigenvalue weighted by atomic mass is 31.2. The molecule has 1 atom stereocenters. The molecular formula is C22H35N2O6P. The maximum atomic E-state index is 13.7. The molecule has 1 aliphatic carbocycles. The first-order valence-corrected chi connectivity index (χ1v) is 12.6. The lowest BCUT2D eigenvalue weighted by atomic mass is 9.90. The van der Waals surface area contributed by atoms with Crippen molar-refractivity contribution in [2.24, 2.45) is 5.92 Å². The summed E-state index contributed by atoms with van der Waals surface area (Å²) in [5, 5.41) is 5.29. The SMILES string of the molecule is CCOC(=O)CNP(=O)(NCC(=O)OCC)Oc1c(C(C)C)cccc1[C@H](C)C1CC1. The zero-order valence-electron chi connectivity index (χ0n) is 19.1. The molecule has 8 nitrogen and oxygen atoms in total. The molecule has 0 aliphatic heterocycles. The predicted octanol–water partition coefficient (Wildman–Crippen LogP) is 4.12. The van der Waals surface area contributed by atoms with Crippen molar-refractivity contribution in [2.75, 3.05) is 26.3 Å². The van der Waals surface area contributed by atoms with Gasteiger partial charge in [-0.25, -0.2) is 14.7 Å². The molecule has 0 radical (unpaired) electrons. The Labute approximate surface area is 185 Å². The van der Waals surface area contributed by atoms with E-state index in [1.165, 1.54) is 0 Å². The van der Waals surface area contributed by atoms with Crippen molar-refractivity contribution < 1.29 is 28.2 Å². The third-order valence-corrected chi connectivity index (χ3v) is 6.80. The summed E-state index contributed by atoms with van der Waals surface area (Å²) >= 11 is 0. The van der Waals surface area contributed by atoms with Crippen molar-refractivity contribution >= 4 is 19.6 Å². The molecule has 1 fully saturated rings. The summed E-state index contributed by atoms with van der Waals surface area (Å²) in [5.74, 6) is 0.361. The zero-order chi connectivity index (χ0) is 23.0. The number of nitrogens with one attached hydrogen (secondary N) is 2. The quantitative estimate of drug-likeness (QED) is 0.339. The molecule has 1 aromatic carbocycles. The van der Waals surface area contributed by atoms with Gasteiger partial charge in [-0.1, -0.05) is 39.0 Å². The van der Waals surface area contributed by atoms with E-state index in [4.69, 9.17) is 14.0 Å². The molecular weight excluding hydrogens is 419 g/mol. The van der Waals surface area contributed by atoms with E-state index < -0.39 is 19.6 Å². The van der Waals surface area contributed by atoms with Crippen LogP contribution in [0.1, 0.15) is 70.4 Å². The van der Waals surface area contributed by atoms with Crippen molar-refractivity contribution in [3.05, 3.63) is 29.3 Å². The van der Waals surface area contributed by atoms with Gasteiger partial charge in [0, 0.05) is 0 Å². The van der Waals surface area contributed by atoms with Crippen molar-refractivity contribution in [2.45, 2.75) is 59.3 Å². The molecule has 0 bridgehead atoms. The Morgan fingerprint density at radius 3 is 1.97 bits per heavy atom. The van der Waals surface area contributed by atoms with Crippen LogP contribution in [0, 0.1) is 5.92 Å². The molecule has 9 heteroatoms. The fraction of sp³-hybridized carbons (Fsp3) is 0.636. The minimum atomic E-state index is -3.84. The van der Waals surface area contributed by atoms with Gasteiger partial charge in [-0.15, -0.1) is 0 Å². The van der Waals surface area contributed by atoms with Crippen LogP contribution < -0.4 is 14.7 Å². The van der Waals surface area contributed by atoms with E-state index in [0.717, 1.165) is 24.0 Å². The van der Waals surface area contributed by atoms with E-state index in [0.29, 0.717) is 11.7 Å². The highest BCUT2D eigenvalue weighted by Crippen LogP contribution is 2.50. The topological polar surface area (TPSA) is 103 Å². The van der Waals surface area contributed by atoms with Crippen LogP contribution in [0.15, 0.2) is 18.2 Å². The number of hydrogen-bond donors (Lipinski definition) is 2. The first-order valence-electron chi connectivity index (χ1n) is 10.9. The minimum Gasteiger partial charge on any atom is -0.465 e. The summed E-state index contributed by atoms with van der Waals surface area (Å²) < 4.78 is 29.6. The minimum absolute atomic E-state index is 0.130. The molecule has 1 aromatic rings. The molecule has 0 unspecified atom stereocenters. The van der Waals surface area contributed by atoms with Gasteiger partial charge in [-0.2, -0.15) is 0 Å². The van der Waals surface area contributed by atoms with Gasteiger partial charge in [-0.05, 0) is 55.6 Å². The summed E-state index contributed by atoms with van der Waals surface area (Å²) in [5.41, 5.74) is 1.89. The largest absolute Gasteiger partial charge is 0.465 e. The van der Waals surface area contributed by atoms with E-state index in [-0.39, 0.29) is 38.1 Å². The van der Waals surface area contributed by atoms with E-state index in [1.807, 2.05) is 32.0 Å². The van der Waals surface area contributed by atoms with Crippen LogP contribution in [-0.4, -0.2) is 38.2 Å². The molecule has 31 heavy (non-hydrogen) atoms. The Bertz CT molecular complexity index is 783. The Kier molecular flexibility index (Phi) is 9.54. The summed E-state index contributed by atoms with van der Waals surface area (Å²) in [6.45, 7) is 9.38. The molecule has 0 aromatic heterocycles. The summed E-state index contributed by atoms with van der Waals surface area (Å²) in [7, 11) is -3.84. The lowest BCUT2D eigenvalue weighted by Gasteiger charge is -2.26. The van der Waals surface area contributed by atoms with Gasteiger partial charge in [-0.3, -0.25) is 9.59 Å². The van der Waals surface area contributed by atoms with Crippen molar-refractivity contribution in [1.82, 2.24) is 10.2 Å². The second kappa shape index (κ2) is 11.7. The maximum absolute atomic E-state index is 13.7. The lowest BCUT2D eigenvalue weighted by Crippen LogP contribution is -2.34. The molecule has 174 valence electrons. The molecule has 2 rings (SSSR count). The van der Waals surface area contributed by atoms with Crippen LogP contribution in [0.5, 0.6) is 5.75 Å². The number of rotatable bonds is 13. The fourth-order valence-electron chi connectivity index (χ4n) is 3.35. The zero-order valence-corrected chi connectivity index (χ0v) is 20.0. The first-order chi connectivity index (χ1) is 14.7. The van der Waals surface area contributed by atoms with Crippen molar-refractivity contribution in [1.29, 1.82) is 0 Å². The van der Waals surface area contributed by atoms with Crippen LogP contribution in [0.4, 0.5) is 0 Å². The molecule has 1 saturated carbocycles. The molecule has 2 N–H and O–H groups in total.